The van der Waals surface area contributed by atoms with Crippen LogP contribution in [0.4, 0.5) is 23.0 Å². The number of aliphatic carboxylic acids is 5. The molecule has 8 unspecified atom stereocenters. The molecular formula is C83H106N19O30S4+. The number of amides is 9. The van der Waals surface area contributed by atoms with E-state index >= 15 is 0 Å². The Morgan fingerprint density at radius 2 is 1.29 bits per heavy atom. The number of anilines is 4. The van der Waals surface area contributed by atoms with Crippen LogP contribution in [-0.4, -0.2) is 276 Å². The number of hydrogen-bond acceptors (Lipinski definition) is 30. The lowest BCUT2D eigenvalue weighted by Crippen LogP contribution is -2.59. The molecule has 53 heteroatoms. The van der Waals surface area contributed by atoms with Crippen LogP contribution in [0.1, 0.15) is 151 Å². The van der Waals surface area contributed by atoms with Gasteiger partial charge >= 0.3 is 41.2 Å². The second kappa shape index (κ2) is 47.3. The van der Waals surface area contributed by atoms with Gasteiger partial charge in [-0.2, -0.15) is 30.2 Å². The first-order valence-electron chi connectivity index (χ1n) is 42.1. The topological polar surface area (TPSA) is 780 Å². The molecular weight excluding hydrogens is 1870 g/mol. The standard InChI is InChI=1S/C83H105N19O30S4/c1-6-100(29-10-32-134(123,124)125)47-20-22-50-51(82(2,3)4)35-48(132-60(50)34-47)12-7-14-62-83(5,52-36-49(136(129,130)131)21-24-59(52)101(62)30-11-33-135(126,127)128)26-8-15-63(103)87-28-31-102-65(105)40-61(77(102)118)133-43-58(79(121)122)97-75(116)57(39-68(110)111)96-74(115)56(38-67(108)109)95-72(113)53(13-9-27-88-80(84)85)93-73(114)55(37-66(106)107)92-64(104)25-23-54(78(119)120)94-71(112)44-16-18-45(19-17-44)89-41-46-42-90-70-69(91-46)76(117)99-81(86)98-70/h7,12,14,16-22,24,34-36,42,53-58,61H,6,8-11,13,15,23,25-33,37-41,43H2,1-5H3,(H22-,84,85,86,87,88,89,90,92,93,94,95,96,97,98,99,103,104,106,107,108,109,110,111,112,113,114,115,116,117,119,120,121,122,123,124,125,126,127,128,129,130,131)/p+1/b12-7+,62-14-. The van der Waals surface area contributed by atoms with Crippen LogP contribution in [-0.2, 0) is 110 Å². The molecule has 1 fully saturated rings. The summed E-state index contributed by atoms with van der Waals surface area (Å²) < 4.78 is 109. The number of carbonyl (C=O) groups is 14. The molecule has 8 atom stereocenters. The van der Waals surface area contributed by atoms with E-state index in [2.05, 4.69) is 51.8 Å². The molecule has 1 saturated heterocycles. The summed E-state index contributed by atoms with van der Waals surface area (Å²) in [5.74, 6) is -21.2. The molecule has 3 aromatic heterocycles. The maximum absolute atomic E-state index is 14.2. The Kier molecular flexibility index (Phi) is 37.4. The molecule has 6 aromatic rings. The number of fused-ring (bicyclic) bond motifs is 3. The van der Waals surface area contributed by atoms with Crippen molar-refractivity contribution in [3.63, 3.8) is 0 Å². The fourth-order valence-corrected chi connectivity index (χ4v) is 17.5. The van der Waals surface area contributed by atoms with E-state index in [1.54, 1.807) is 30.1 Å². The summed E-state index contributed by atoms with van der Waals surface area (Å²) in [6, 6.07) is 4.44. The SMILES string of the molecule is CCN(CCCS(=O)(=O)O)c1ccc2c(C(C)(C)C)cc(/C=C/C=C3\N(CCCS(=O)(=O)O)c4ccc(S(=O)(=O)O)cc4C3(C)CCCC(=O)NCCN3C(=O)CC(SCC(NC(=O)C(CC(=O)O)NC(=O)C(CC(=O)O)NC(=O)C(CCCNC(=N)N)NC(=O)C(CC(=O)O)NC(=O)CCC(NC(=O)c4ccc(NCc5cnc6nc(N)[nH]c(=O)c6n5)cc4)C(=O)O)C(=O)O)C3=O)[o+]c2c1. The molecule has 3 aromatic carbocycles. The highest BCUT2D eigenvalue weighted by molar-refractivity contribution is 8.00. The smallest absolute Gasteiger partial charge is 0.363 e. The molecule has 49 nitrogen and oxygen atoms in total. The molecule has 136 heavy (non-hydrogen) atoms. The van der Waals surface area contributed by atoms with Gasteiger partial charge in [0.1, 0.15) is 36.3 Å². The van der Waals surface area contributed by atoms with Crippen molar-refractivity contribution < 1.29 is 136 Å². The summed E-state index contributed by atoms with van der Waals surface area (Å²) >= 11 is 0.562. The molecule has 9 amide bonds. The van der Waals surface area contributed by atoms with Crippen LogP contribution in [0.15, 0.2) is 105 Å². The van der Waals surface area contributed by atoms with Gasteiger partial charge in [0.25, 0.3) is 41.8 Å². The number of aromatic nitrogens is 4. The van der Waals surface area contributed by atoms with E-state index in [1.165, 1.54) is 42.6 Å². The number of allylic oxidation sites excluding steroid dienone is 3. The number of thioether (sulfide) groups is 1. The number of imide groups is 1. The summed E-state index contributed by atoms with van der Waals surface area (Å²) in [5.41, 5.74) is 12.5. The molecule has 0 bridgehead atoms. The number of nitrogens with zero attached hydrogens (tertiary/aromatic N) is 6. The van der Waals surface area contributed by atoms with Gasteiger partial charge in [-0.05, 0) is 136 Å². The summed E-state index contributed by atoms with van der Waals surface area (Å²) in [4.78, 5) is 216. The number of benzene rings is 3. The van der Waals surface area contributed by atoms with Crippen LogP contribution in [0.2, 0.25) is 0 Å². The average molecular weight is 1980 g/mol. The summed E-state index contributed by atoms with van der Waals surface area (Å²) in [6.07, 6.45) is -0.337. The van der Waals surface area contributed by atoms with Crippen molar-refractivity contribution in [2.75, 3.05) is 77.4 Å². The lowest BCUT2D eigenvalue weighted by atomic mass is 9.77. The minimum atomic E-state index is -4.84. The number of carboxylic acid groups (broad SMARTS) is 5. The number of carboxylic acids is 5. The summed E-state index contributed by atoms with van der Waals surface area (Å²) in [6.45, 7) is 9.43. The van der Waals surface area contributed by atoms with Crippen LogP contribution in [0.25, 0.3) is 28.2 Å². The Morgan fingerprint density at radius 3 is 1.88 bits per heavy atom. The van der Waals surface area contributed by atoms with Crippen molar-refractivity contribution in [2.24, 2.45) is 5.73 Å². The number of carbonyl (C=O) groups excluding carboxylic acids is 9. The highest BCUT2D eigenvalue weighted by atomic mass is 32.2. The first kappa shape index (κ1) is 107. The number of hydrogen-bond donors (Lipinski definition) is 21. The largest absolute Gasteiger partial charge is 0.481 e. The third-order valence-corrected chi connectivity index (χ3v) is 25.3. The molecule has 0 spiro atoms. The number of H-pyrrole nitrogens is 1. The van der Waals surface area contributed by atoms with Crippen molar-refractivity contribution in [3.05, 3.63) is 129 Å². The quantitative estimate of drug-likeness (QED) is 0.00619. The second-order valence-corrected chi connectivity index (χ2v) is 38.6. The Balaban J connectivity index is 0.875. The lowest BCUT2D eigenvalue weighted by molar-refractivity contribution is -0.144. The van der Waals surface area contributed by atoms with Crippen LogP contribution >= 0.6 is 11.8 Å². The van der Waals surface area contributed by atoms with E-state index in [1.807, 2.05) is 72.8 Å². The average Bonchev–Trinajstić information content (AvgIpc) is 1.57. The minimum absolute atomic E-state index is 0.0119. The van der Waals surface area contributed by atoms with Crippen LogP contribution < -0.4 is 74.7 Å². The predicted octanol–water partition coefficient (Wildman–Crippen LogP) is 0.543. The monoisotopic (exact) mass is 1980 g/mol. The van der Waals surface area contributed by atoms with Crippen molar-refractivity contribution in [3.8, 4) is 0 Å². The van der Waals surface area contributed by atoms with Gasteiger partial charge in [-0.1, -0.05) is 26.8 Å². The fourth-order valence-electron chi connectivity index (χ4n) is 14.8. The van der Waals surface area contributed by atoms with E-state index < -0.39 is 251 Å². The van der Waals surface area contributed by atoms with E-state index in [4.69, 9.17) is 21.3 Å². The number of nitrogens with two attached hydrogens (primary N) is 2. The summed E-state index contributed by atoms with van der Waals surface area (Å²) in [7, 11) is -13.5. The zero-order valence-electron chi connectivity index (χ0n) is 74.0. The predicted molar refractivity (Wildman–Crippen MR) is 489 cm³/mol. The molecule has 2 aliphatic rings. The Labute approximate surface area is 781 Å². The van der Waals surface area contributed by atoms with Crippen molar-refractivity contribution >= 4 is 182 Å². The third kappa shape index (κ3) is 31.6. The van der Waals surface area contributed by atoms with Crippen LogP contribution in [0.5, 0.6) is 0 Å². The molecule has 0 saturated carbocycles. The van der Waals surface area contributed by atoms with Gasteiger partial charge in [0, 0.05) is 110 Å². The number of likely N-dealkylation sites (tertiary alicyclic amines) is 1. The first-order valence-corrected chi connectivity index (χ1v) is 47.8. The number of aromatic amines is 1. The van der Waals surface area contributed by atoms with Crippen molar-refractivity contribution in [2.45, 2.75) is 182 Å². The molecule has 5 heterocycles. The van der Waals surface area contributed by atoms with Crippen molar-refractivity contribution in [1.82, 2.24) is 67.4 Å². The molecule has 0 radical (unpaired) electrons. The van der Waals surface area contributed by atoms with Gasteiger partial charge in [0.2, 0.25) is 53.2 Å². The number of rotatable bonds is 52. The van der Waals surface area contributed by atoms with Gasteiger partial charge in [-0.3, -0.25) is 91.3 Å². The van der Waals surface area contributed by atoms with Gasteiger partial charge in [-0.25, -0.2) is 24.0 Å². The van der Waals surface area contributed by atoms with Crippen molar-refractivity contribution in [1.29, 1.82) is 5.41 Å². The van der Waals surface area contributed by atoms with Gasteiger partial charge < -0.3 is 94.7 Å². The maximum Gasteiger partial charge on any atom is 0.363 e. The molecule has 0 aliphatic carbocycles. The van der Waals surface area contributed by atoms with Gasteiger partial charge in [0.05, 0.1) is 70.8 Å². The Bertz CT molecular complexity index is 6080. The fraction of sp³-hybridized carbons (Fsp3) is 0.446. The van der Waals surface area contributed by atoms with Crippen LogP contribution in [0.3, 0.4) is 0 Å². The van der Waals surface area contributed by atoms with E-state index in [0.717, 1.165) is 21.9 Å². The zero-order chi connectivity index (χ0) is 101. The Hall–Kier alpha value is -13.9. The molecule has 8 rings (SSSR count). The first-order chi connectivity index (χ1) is 63.7. The highest BCUT2D eigenvalue weighted by Gasteiger charge is 2.45. The summed E-state index contributed by atoms with van der Waals surface area (Å²) in [5, 5.41) is 77.6. The molecule has 2 aliphatic heterocycles. The molecule has 736 valence electrons. The zero-order valence-corrected chi connectivity index (χ0v) is 77.3. The number of nitrogen functional groups attached to an aromatic ring is 1. The van der Waals surface area contributed by atoms with E-state index in [-0.39, 0.29) is 93.9 Å². The van der Waals surface area contributed by atoms with Gasteiger partial charge in [-0.15, -0.1) is 11.8 Å². The van der Waals surface area contributed by atoms with Crippen LogP contribution in [0, 0.1) is 5.41 Å². The van der Waals surface area contributed by atoms with E-state index in [0.29, 0.717) is 63.7 Å². The lowest BCUT2D eigenvalue weighted by Gasteiger charge is -2.30. The Morgan fingerprint density at radius 1 is 0.684 bits per heavy atom. The minimum Gasteiger partial charge on any atom is -0.481 e. The third-order valence-electron chi connectivity index (χ3n) is 21.5. The maximum atomic E-state index is 14.2. The highest BCUT2D eigenvalue weighted by Crippen LogP contribution is 2.52. The normalized spacial score (nSPS) is 16.1. The van der Waals surface area contributed by atoms with Gasteiger partial charge in [0.15, 0.2) is 17.1 Å². The number of guanidine groups is 1. The van der Waals surface area contributed by atoms with E-state index in [9.17, 15) is 136 Å². The number of nitrogens with one attached hydrogen (secondary N) is 11. The molecule has 23 N–H and O–H groups in total. The second-order valence-electron chi connectivity index (χ2n) is 32.8.